The van der Waals surface area contributed by atoms with Crippen LogP contribution in [0.1, 0.15) is 31.2 Å². The van der Waals surface area contributed by atoms with Gasteiger partial charge in [0, 0.05) is 38.1 Å². The monoisotopic (exact) mass is 355 g/mol. The number of piperidine rings is 1. The summed E-state index contributed by atoms with van der Waals surface area (Å²) in [6.45, 7) is 2.79. The number of pyridine rings is 1. The summed E-state index contributed by atoms with van der Waals surface area (Å²) in [4.78, 5) is 18.6. The van der Waals surface area contributed by atoms with Gasteiger partial charge in [-0.3, -0.25) is 10.3 Å². The first-order valence-electron chi connectivity index (χ1n) is 9.36. The third kappa shape index (κ3) is 4.40. The van der Waals surface area contributed by atoms with E-state index in [0.717, 1.165) is 37.3 Å². The smallest absolute Gasteiger partial charge is 0.323 e. The van der Waals surface area contributed by atoms with E-state index in [1.54, 1.807) is 12.4 Å². The van der Waals surface area contributed by atoms with Gasteiger partial charge in [-0.15, -0.1) is 0 Å². The molecular formula is C19H25N5O2. The molecule has 0 spiro atoms. The van der Waals surface area contributed by atoms with Gasteiger partial charge in [0.2, 0.25) is 0 Å². The van der Waals surface area contributed by atoms with Crippen molar-refractivity contribution in [2.24, 2.45) is 5.92 Å². The number of carbonyl (C=O) groups is 1. The van der Waals surface area contributed by atoms with Gasteiger partial charge >= 0.3 is 6.03 Å². The highest BCUT2D eigenvalue weighted by molar-refractivity contribution is 5.88. The van der Waals surface area contributed by atoms with Gasteiger partial charge in [0.25, 0.3) is 0 Å². The highest BCUT2D eigenvalue weighted by atomic mass is 16.5. The van der Waals surface area contributed by atoms with Gasteiger partial charge in [0.1, 0.15) is 5.82 Å². The van der Waals surface area contributed by atoms with Gasteiger partial charge in [-0.25, -0.2) is 9.48 Å². The third-order valence-corrected chi connectivity index (χ3v) is 4.95. The summed E-state index contributed by atoms with van der Waals surface area (Å²) in [5.41, 5.74) is 1.05. The highest BCUT2D eigenvalue weighted by Gasteiger charge is 2.26. The summed E-state index contributed by atoms with van der Waals surface area (Å²) in [5.74, 6) is 1.49. The van der Waals surface area contributed by atoms with Gasteiger partial charge in [0.15, 0.2) is 0 Å². The van der Waals surface area contributed by atoms with Crippen molar-refractivity contribution in [2.45, 2.75) is 44.9 Å². The Morgan fingerprint density at radius 3 is 3.00 bits per heavy atom. The lowest BCUT2D eigenvalue weighted by Crippen LogP contribution is -2.45. The molecule has 1 atom stereocenters. The van der Waals surface area contributed by atoms with Crippen molar-refractivity contribution in [3.05, 3.63) is 42.4 Å². The van der Waals surface area contributed by atoms with E-state index in [1.807, 2.05) is 34.0 Å². The fourth-order valence-electron chi connectivity index (χ4n) is 3.27. The van der Waals surface area contributed by atoms with Crippen molar-refractivity contribution in [2.75, 3.05) is 18.4 Å². The molecule has 2 fully saturated rings. The predicted molar refractivity (Wildman–Crippen MR) is 97.6 cm³/mol. The molecular weight excluding hydrogens is 330 g/mol. The number of hydrogen-bond acceptors (Lipinski definition) is 4. The maximum Gasteiger partial charge on any atom is 0.323 e. The molecule has 1 saturated carbocycles. The van der Waals surface area contributed by atoms with E-state index in [4.69, 9.17) is 4.74 Å². The Labute approximate surface area is 153 Å². The first-order valence-corrected chi connectivity index (χ1v) is 9.36. The Morgan fingerprint density at radius 1 is 1.27 bits per heavy atom. The summed E-state index contributed by atoms with van der Waals surface area (Å²) in [7, 11) is 0. The zero-order valence-corrected chi connectivity index (χ0v) is 14.9. The average molecular weight is 355 g/mol. The lowest BCUT2D eigenvalue weighted by atomic mass is 10.1. The van der Waals surface area contributed by atoms with E-state index >= 15 is 0 Å². The Balaban J connectivity index is 1.29. The second-order valence-electron chi connectivity index (χ2n) is 7.15. The first kappa shape index (κ1) is 17.0. The number of ether oxygens (including phenoxy) is 1. The van der Waals surface area contributed by atoms with Crippen LogP contribution in [0.3, 0.4) is 0 Å². The van der Waals surface area contributed by atoms with Gasteiger partial charge in [-0.1, -0.05) is 6.07 Å². The molecule has 138 valence electrons. The summed E-state index contributed by atoms with van der Waals surface area (Å²) < 4.78 is 7.89. The van der Waals surface area contributed by atoms with Crippen molar-refractivity contribution in [3.63, 3.8) is 0 Å². The third-order valence-electron chi connectivity index (χ3n) is 4.95. The molecule has 1 aliphatic heterocycles. The van der Waals surface area contributed by atoms with Crippen LogP contribution in [0, 0.1) is 5.92 Å². The van der Waals surface area contributed by atoms with Crippen molar-refractivity contribution in [3.8, 4) is 0 Å². The molecule has 1 saturated heterocycles. The Hall–Kier alpha value is -2.41. The number of anilines is 1. The summed E-state index contributed by atoms with van der Waals surface area (Å²) >= 11 is 0. The number of hydrogen-bond donors (Lipinski definition) is 1. The van der Waals surface area contributed by atoms with Crippen LogP contribution >= 0.6 is 0 Å². The fourth-order valence-corrected chi connectivity index (χ4v) is 3.27. The van der Waals surface area contributed by atoms with Crippen molar-refractivity contribution in [1.29, 1.82) is 0 Å². The molecule has 0 radical (unpaired) electrons. The highest BCUT2D eigenvalue weighted by Crippen LogP contribution is 2.31. The number of aromatic nitrogens is 3. The maximum atomic E-state index is 12.6. The number of carbonyl (C=O) groups excluding carboxylic acids is 1. The molecule has 0 unspecified atom stereocenters. The zero-order valence-electron chi connectivity index (χ0n) is 14.9. The SMILES string of the molecule is O=C(Nc1ccnn1CC1CC1)N1CCC[C@H](OCc2cccnc2)C1. The molecule has 1 N–H and O–H groups in total. The molecule has 26 heavy (non-hydrogen) atoms. The summed E-state index contributed by atoms with van der Waals surface area (Å²) in [6, 6.07) is 5.70. The molecule has 0 aromatic carbocycles. The largest absolute Gasteiger partial charge is 0.372 e. The van der Waals surface area contributed by atoms with Crippen LogP contribution in [0.25, 0.3) is 0 Å². The van der Waals surface area contributed by atoms with Crippen LogP contribution < -0.4 is 5.32 Å². The standard InChI is InChI=1S/C19H25N5O2/c25-19(22-18-7-9-21-24(18)12-15-5-6-15)23-10-2-4-17(13-23)26-14-16-3-1-8-20-11-16/h1,3,7-9,11,15,17H,2,4-6,10,12-14H2,(H,22,25)/t17-/m0/s1. The number of amides is 2. The number of likely N-dealkylation sites (tertiary alicyclic amines) is 1. The first-order chi connectivity index (χ1) is 12.8. The fraction of sp³-hybridized carbons (Fsp3) is 0.526. The van der Waals surface area contributed by atoms with Gasteiger partial charge in [0.05, 0.1) is 18.9 Å². The van der Waals surface area contributed by atoms with E-state index < -0.39 is 0 Å². The lowest BCUT2D eigenvalue weighted by Gasteiger charge is -2.32. The van der Waals surface area contributed by atoms with Crippen molar-refractivity contribution < 1.29 is 9.53 Å². The maximum absolute atomic E-state index is 12.6. The minimum absolute atomic E-state index is 0.0612. The van der Waals surface area contributed by atoms with Crippen molar-refractivity contribution in [1.82, 2.24) is 19.7 Å². The molecule has 7 heteroatoms. The molecule has 7 nitrogen and oxygen atoms in total. The molecule has 2 amide bonds. The Morgan fingerprint density at radius 2 is 2.19 bits per heavy atom. The number of nitrogens with zero attached hydrogens (tertiary/aromatic N) is 4. The van der Waals surface area contributed by atoms with Crippen LogP contribution in [0.5, 0.6) is 0 Å². The predicted octanol–water partition coefficient (Wildman–Crippen LogP) is 2.90. The summed E-state index contributed by atoms with van der Waals surface area (Å²) in [6.07, 6.45) is 9.82. The summed E-state index contributed by atoms with van der Waals surface area (Å²) in [5, 5.41) is 7.33. The number of urea groups is 1. The van der Waals surface area contributed by atoms with E-state index in [1.165, 1.54) is 12.8 Å². The Kier molecular flexibility index (Phi) is 5.15. The van der Waals surface area contributed by atoms with Crippen LogP contribution in [-0.4, -0.2) is 44.9 Å². The molecule has 3 heterocycles. The average Bonchev–Trinajstić information content (AvgIpc) is 3.40. The number of nitrogens with one attached hydrogen (secondary N) is 1. The number of rotatable bonds is 6. The minimum Gasteiger partial charge on any atom is -0.372 e. The molecule has 1 aliphatic carbocycles. The lowest BCUT2D eigenvalue weighted by molar-refractivity contribution is 0.000900. The minimum atomic E-state index is -0.0720. The van der Waals surface area contributed by atoms with Crippen LogP contribution in [0.4, 0.5) is 10.6 Å². The Bertz CT molecular complexity index is 729. The second-order valence-corrected chi connectivity index (χ2v) is 7.15. The molecule has 2 aromatic rings. The van der Waals surface area contributed by atoms with E-state index in [0.29, 0.717) is 19.1 Å². The molecule has 4 rings (SSSR count). The molecule has 0 bridgehead atoms. The quantitative estimate of drug-likeness (QED) is 0.865. The molecule has 2 aliphatic rings. The van der Waals surface area contributed by atoms with Crippen LogP contribution in [-0.2, 0) is 17.9 Å². The zero-order chi connectivity index (χ0) is 17.8. The van der Waals surface area contributed by atoms with E-state index in [2.05, 4.69) is 15.4 Å². The van der Waals surface area contributed by atoms with E-state index in [9.17, 15) is 4.79 Å². The van der Waals surface area contributed by atoms with Crippen LogP contribution in [0.2, 0.25) is 0 Å². The van der Waals surface area contributed by atoms with Gasteiger partial charge < -0.3 is 9.64 Å². The van der Waals surface area contributed by atoms with Crippen molar-refractivity contribution >= 4 is 11.8 Å². The second kappa shape index (κ2) is 7.86. The van der Waals surface area contributed by atoms with Gasteiger partial charge in [-0.05, 0) is 43.2 Å². The normalized spacial score (nSPS) is 20.2. The topological polar surface area (TPSA) is 72.3 Å². The van der Waals surface area contributed by atoms with Crippen LogP contribution in [0.15, 0.2) is 36.8 Å². The van der Waals surface area contributed by atoms with Gasteiger partial charge in [-0.2, -0.15) is 5.10 Å². The molecule has 2 aromatic heterocycles. The van der Waals surface area contributed by atoms with E-state index in [-0.39, 0.29) is 12.1 Å².